The Kier molecular flexibility index (Phi) is 7.64. The van der Waals surface area contributed by atoms with Gasteiger partial charge in [0, 0.05) is 17.9 Å². The molecule has 2 atom stereocenters. The van der Waals surface area contributed by atoms with Gasteiger partial charge in [0.05, 0.1) is 6.54 Å². The van der Waals surface area contributed by atoms with Crippen molar-refractivity contribution in [2.45, 2.75) is 64.3 Å². The van der Waals surface area contributed by atoms with Gasteiger partial charge in [-0.2, -0.15) is 0 Å². The van der Waals surface area contributed by atoms with Crippen molar-refractivity contribution in [2.75, 3.05) is 0 Å². The minimum atomic E-state index is -1.16. The minimum absolute atomic E-state index is 0.0921. The van der Waals surface area contributed by atoms with Crippen molar-refractivity contribution in [1.82, 2.24) is 10.2 Å². The Morgan fingerprint density at radius 1 is 1.15 bits per heavy atom. The second-order valence-corrected chi connectivity index (χ2v) is 9.26. The molecule has 1 aliphatic rings. The zero-order chi connectivity index (χ0) is 24.2. The van der Waals surface area contributed by atoms with Gasteiger partial charge in [-0.05, 0) is 49.1 Å². The van der Waals surface area contributed by atoms with Crippen LogP contribution in [-0.4, -0.2) is 45.7 Å². The topological polar surface area (TPSA) is 95.9 Å². The Bertz CT molecular complexity index is 1020. The number of carboxylic acids is 1. The van der Waals surface area contributed by atoms with Gasteiger partial charge >= 0.3 is 12.1 Å². The lowest BCUT2D eigenvalue weighted by Crippen LogP contribution is -2.56. The molecule has 2 amide bonds. The van der Waals surface area contributed by atoms with Gasteiger partial charge in [0.25, 0.3) is 0 Å². The van der Waals surface area contributed by atoms with Crippen molar-refractivity contribution in [1.29, 1.82) is 0 Å². The average Bonchev–Trinajstić information content (AvgIpc) is 2.78. The van der Waals surface area contributed by atoms with Gasteiger partial charge in [0.1, 0.15) is 17.7 Å². The molecule has 3 rings (SSSR count). The third-order valence-corrected chi connectivity index (χ3v) is 6.22. The fraction of sp³-hybridized carbons (Fsp3) is 0.400. The fourth-order valence-corrected chi connectivity index (χ4v) is 3.77. The van der Waals surface area contributed by atoms with Gasteiger partial charge in [0.2, 0.25) is 5.91 Å². The van der Waals surface area contributed by atoms with Crippen LogP contribution in [0.15, 0.2) is 48.5 Å². The maximum Gasteiger partial charge on any atom is 0.411 e. The van der Waals surface area contributed by atoms with Crippen molar-refractivity contribution in [3.63, 3.8) is 0 Å². The van der Waals surface area contributed by atoms with Gasteiger partial charge in [-0.25, -0.2) is 9.59 Å². The van der Waals surface area contributed by atoms with E-state index in [1.54, 1.807) is 24.3 Å². The Morgan fingerprint density at radius 2 is 1.79 bits per heavy atom. The van der Waals surface area contributed by atoms with Crippen LogP contribution in [0.2, 0.25) is 5.02 Å². The predicted molar refractivity (Wildman–Crippen MR) is 125 cm³/mol. The molecular formula is C25H29ClN2O5. The Labute approximate surface area is 198 Å². The molecule has 33 heavy (non-hydrogen) atoms. The molecule has 7 nitrogen and oxygen atoms in total. The number of carbonyl (C=O) groups is 3. The molecule has 2 unspecified atom stereocenters. The van der Waals surface area contributed by atoms with Crippen LogP contribution < -0.4 is 5.32 Å². The lowest BCUT2D eigenvalue weighted by atomic mass is 9.93. The van der Waals surface area contributed by atoms with Crippen molar-refractivity contribution >= 4 is 29.6 Å². The minimum Gasteiger partial charge on any atom is -0.480 e. The third kappa shape index (κ3) is 6.26. The number of rotatable bonds is 7. The van der Waals surface area contributed by atoms with Crippen LogP contribution in [-0.2, 0) is 33.7 Å². The molecular weight excluding hydrogens is 444 g/mol. The average molecular weight is 473 g/mol. The fourth-order valence-electron chi connectivity index (χ4n) is 3.64. The molecule has 2 aromatic carbocycles. The molecule has 0 radical (unpaired) electrons. The second kappa shape index (κ2) is 10.3. The number of halogens is 1. The number of nitrogens with zero attached hydrogens (tertiary/aromatic N) is 1. The summed E-state index contributed by atoms with van der Waals surface area (Å²) >= 11 is 5.90. The van der Waals surface area contributed by atoms with Gasteiger partial charge in [0.15, 0.2) is 0 Å². The number of ether oxygens (including phenoxy) is 1. The summed E-state index contributed by atoms with van der Waals surface area (Å²) in [6, 6.07) is 12.3. The summed E-state index contributed by atoms with van der Waals surface area (Å²) in [7, 11) is 0. The molecule has 0 bridgehead atoms. The number of hydrogen-bond donors (Lipinski definition) is 2. The highest BCUT2D eigenvalue weighted by molar-refractivity contribution is 6.30. The molecule has 0 saturated carbocycles. The van der Waals surface area contributed by atoms with Crippen LogP contribution in [0.1, 0.15) is 43.9 Å². The quantitative estimate of drug-likeness (QED) is 0.629. The van der Waals surface area contributed by atoms with E-state index in [1.165, 1.54) is 4.90 Å². The van der Waals surface area contributed by atoms with Crippen LogP contribution in [0.25, 0.3) is 0 Å². The summed E-state index contributed by atoms with van der Waals surface area (Å²) in [6.45, 7) is 5.74. The van der Waals surface area contributed by atoms with Gasteiger partial charge in [-0.3, -0.25) is 9.69 Å². The number of carbonyl (C=O) groups excluding carboxylic acids is 2. The molecule has 0 saturated heterocycles. The van der Waals surface area contributed by atoms with Crippen LogP contribution in [0, 0.1) is 0 Å². The van der Waals surface area contributed by atoms with Crippen LogP contribution >= 0.6 is 11.6 Å². The maximum atomic E-state index is 13.3. The number of nitrogens with one attached hydrogen (secondary N) is 1. The first-order chi connectivity index (χ1) is 15.6. The first-order valence-electron chi connectivity index (χ1n) is 10.9. The lowest BCUT2D eigenvalue weighted by Gasteiger charge is -2.37. The molecule has 2 aromatic rings. The SMILES string of the molecule is CCC(C)(C)OC(=O)N1Cc2ccccc2CC1C(=O)NC(Cc1ccc(Cl)cc1)C(=O)O. The molecule has 176 valence electrons. The van der Waals surface area contributed by atoms with Gasteiger partial charge in [-0.15, -0.1) is 0 Å². The summed E-state index contributed by atoms with van der Waals surface area (Å²) in [5.41, 5.74) is 1.92. The molecule has 0 spiro atoms. The largest absolute Gasteiger partial charge is 0.480 e. The number of fused-ring (bicyclic) bond motifs is 1. The van der Waals surface area contributed by atoms with E-state index in [2.05, 4.69) is 5.32 Å². The smallest absolute Gasteiger partial charge is 0.411 e. The number of amides is 2. The molecule has 1 aliphatic heterocycles. The second-order valence-electron chi connectivity index (χ2n) is 8.83. The van der Waals surface area contributed by atoms with Crippen molar-refractivity contribution in [3.8, 4) is 0 Å². The summed E-state index contributed by atoms with van der Waals surface area (Å²) < 4.78 is 5.66. The molecule has 0 aliphatic carbocycles. The zero-order valence-electron chi connectivity index (χ0n) is 19.0. The molecule has 1 heterocycles. The van der Waals surface area contributed by atoms with Gasteiger partial charge in [-0.1, -0.05) is 54.9 Å². The number of benzene rings is 2. The maximum absolute atomic E-state index is 13.3. The number of hydrogen-bond acceptors (Lipinski definition) is 4. The number of aliphatic carboxylic acids is 1. The summed E-state index contributed by atoms with van der Waals surface area (Å²) in [5, 5.41) is 12.9. The molecule has 0 aromatic heterocycles. The van der Waals surface area contributed by atoms with Crippen LogP contribution in [0.5, 0.6) is 0 Å². The third-order valence-electron chi connectivity index (χ3n) is 5.97. The van der Waals surface area contributed by atoms with E-state index in [-0.39, 0.29) is 19.4 Å². The molecule has 0 fully saturated rings. The monoisotopic (exact) mass is 472 g/mol. The van der Waals surface area contributed by atoms with E-state index in [4.69, 9.17) is 16.3 Å². The van der Waals surface area contributed by atoms with Crippen molar-refractivity contribution in [2.24, 2.45) is 0 Å². The highest BCUT2D eigenvalue weighted by atomic mass is 35.5. The summed E-state index contributed by atoms with van der Waals surface area (Å²) in [4.78, 5) is 39.6. The lowest BCUT2D eigenvalue weighted by molar-refractivity contribution is -0.142. The standard InChI is InChI=1S/C25H29ClN2O5/c1-4-25(2,3)33-24(32)28-15-18-8-6-5-7-17(18)14-21(28)22(29)27-20(23(30)31)13-16-9-11-19(26)12-10-16/h5-12,20-21H,4,13-15H2,1-3H3,(H,27,29)(H,30,31). The van der Waals surface area contributed by atoms with Crippen LogP contribution in [0.4, 0.5) is 4.79 Å². The normalized spacial score (nSPS) is 16.5. The zero-order valence-corrected chi connectivity index (χ0v) is 19.8. The first kappa shape index (κ1) is 24.6. The summed E-state index contributed by atoms with van der Waals surface area (Å²) in [5.74, 6) is -1.69. The first-order valence-corrected chi connectivity index (χ1v) is 11.3. The summed E-state index contributed by atoms with van der Waals surface area (Å²) in [6.07, 6.45) is 0.384. The van der Waals surface area contributed by atoms with Crippen molar-refractivity contribution < 1.29 is 24.2 Å². The van der Waals surface area contributed by atoms with Crippen molar-refractivity contribution in [3.05, 3.63) is 70.2 Å². The van der Waals surface area contributed by atoms with E-state index >= 15 is 0 Å². The van der Waals surface area contributed by atoms with E-state index in [9.17, 15) is 19.5 Å². The molecule has 8 heteroatoms. The van der Waals surface area contributed by atoms with E-state index in [1.807, 2.05) is 45.0 Å². The number of carboxylic acid groups (broad SMARTS) is 1. The van der Waals surface area contributed by atoms with E-state index < -0.39 is 35.7 Å². The van der Waals surface area contributed by atoms with Gasteiger partial charge < -0.3 is 15.2 Å². The highest BCUT2D eigenvalue weighted by Crippen LogP contribution is 2.26. The Hall–Kier alpha value is -3.06. The Morgan fingerprint density at radius 3 is 2.39 bits per heavy atom. The Balaban J connectivity index is 1.82. The predicted octanol–water partition coefficient (Wildman–Crippen LogP) is 4.20. The van der Waals surface area contributed by atoms with Crippen LogP contribution in [0.3, 0.4) is 0 Å². The highest BCUT2D eigenvalue weighted by Gasteiger charge is 2.38. The van der Waals surface area contributed by atoms with E-state index in [0.717, 1.165) is 16.7 Å². The molecule has 2 N–H and O–H groups in total. The van der Waals surface area contributed by atoms with E-state index in [0.29, 0.717) is 11.4 Å².